The summed E-state index contributed by atoms with van der Waals surface area (Å²) in [6, 6.07) is 1.09. The van der Waals surface area contributed by atoms with Gasteiger partial charge >= 0.3 is 0 Å². The van der Waals surface area contributed by atoms with Crippen molar-refractivity contribution in [2.24, 2.45) is 17.6 Å². The number of nitrogens with zero attached hydrogens (tertiary/aromatic N) is 2. The highest BCUT2D eigenvalue weighted by Crippen LogP contribution is 2.48. The number of hydrogen-bond acceptors (Lipinski definition) is 3. The number of piperidine rings is 1. The summed E-state index contributed by atoms with van der Waals surface area (Å²) in [4.78, 5) is 5.39. The number of fused-ring (bicyclic) bond motifs is 1. The number of thiocarbonyl (C=S) groups is 1. The van der Waals surface area contributed by atoms with E-state index in [0.29, 0.717) is 4.99 Å². The lowest BCUT2D eigenvalue weighted by Crippen LogP contribution is -2.43. The predicted octanol–water partition coefficient (Wildman–Crippen LogP) is 0.153. The molecule has 0 aromatic rings. The first kappa shape index (κ1) is 10.3. The quantitative estimate of drug-likeness (QED) is 0.677. The standard InChI is InChI=1S/C10H19N3S/c1-6(10(11)14)13-4-7-8(5-13)9(7)12(2)3/h6-9H,4-5H2,1-3H3,(H2,11,14). The van der Waals surface area contributed by atoms with E-state index in [1.54, 1.807) is 0 Å². The van der Waals surface area contributed by atoms with Gasteiger partial charge in [0.25, 0.3) is 0 Å². The van der Waals surface area contributed by atoms with Gasteiger partial charge in [-0.2, -0.15) is 0 Å². The average Bonchev–Trinajstić information content (AvgIpc) is 2.62. The van der Waals surface area contributed by atoms with Crippen molar-refractivity contribution in [2.45, 2.75) is 19.0 Å². The van der Waals surface area contributed by atoms with Gasteiger partial charge in [0.2, 0.25) is 0 Å². The lowest BCUT2D eigenvalue weighted by atomic mass is 10.2. The maximum Gasteiger partial charge on any atom is 0.0899 e. The van der Waals surface area contributed by atoms with Crippen LogP contribution in [-0.4, -0.2) is 54.1 Å². The molecule has 80 valence electrons. The molecule has 3 nitrogen and oxygen atoms in total. The number of rotatable bonds is 3. The third kappa shape index (κ3) is 1.55. The van der Waals surface area contributed by atoms with Gasteiger partial charge in [-0.25, -0.2) is 0 Å². The molecule has 4 heteroatoms. The van der Waals surface area contributed by atoms with E-state index in [2.05, 4.69) is 30.8 Å². The molecule has 0 aromatic carbocycles. The molecule has 2 rings (SSSR count). The van der Waals surface area contributed by atoms with Crippen molar-refractivity contribution in [1.82, 2.24) is 9.80 Å². The van der Waals surface area contributed by atoms with Crippen molar-refractivity contribution >= 4 is 17.2 Å². The largest absolute Gasteiger partial charge is 0.392 e. The zero-order valence-electron chi connectivity index (χ0n) is 9.10. The second-order valence-corrected chi connectivity index (χ2v) is 5.29. The zero-order chi connectivity index (χ0) is 10.5. The highest BCUT2D eigenvalue weighted by Gasteiger charge is 2.57. The van der Waals surface area contributed by atoms with Gasteiger partial charge in [0.05, 0.1) is 11.0 Å². The molecular formula is C10H19N3S. The van der Waals surface area contributed by atoms with Crippen molar-refractivity contribution in [2.75, 3.05) is 27.2 Å². The van der Waals surface area contributed by atoms with Crippen LogP contribution in [0, 0.1) is 11.8 Å². The second kappa shape index (κ2) is 3.43. The zero-order valence-corrected chi connectivity index (χ0v) is 9.92. The fraction of sp³-hybridized carbons (Fsp3) is 0.900. The molecule has 1 heterocycles. The smallest absolute Gasteiger partial charge is 0.0899 e. The molecule has 1 aliphatic carbocycles. The summed E-state index contributed by atoms with van der Waals surface area (Å²) < 4.78 is 0. The van der Waals surface area contributed by atoms with E-state index in [0.717, 1.165) is 17.9 Å². The van der Waals surface area contributed by atoms with Crippen molar-refractivity contribution in [1.29, 1.82) is 0 Å². The van der Waals surface area contributed by atoms with Crippen molar-refractivity contribution in [3.05, 3.63) is 0 Å². The molecule has 1 saturated heterocycles. The second-order valence-electron chi connectivity index (χ2n) is 4.81. The van der Waals surface area contributed by atoms with Gasteiger partial charge in [0.1, 0.15) is 0 Å². The molecule has 0 bridgehead atoms. The van der Waals surface area contributed by atoms with Crippen LogP contribution < -0.4 is 5.73 Å². The molecule has 0 amide bonds. The Bertz CT molecular complexity index is 242. The lowest BCUT2D eigenvalue weighted by Gasteiger charge is -2.27. The van der Waals surface area contributed by atoms with Gasteiger partial charge in [-0.1, -0.05) is 12.2 Å². The highest BCUT2D eigenvalue weighted by atomic mass is 32.1. The minimum atomic E-state index is 0.278. The summed E-state index contributed by atoms with van der Waals surface area (Å²) in [5.74, 6) is 1.73. The molecular weight excluding hydrogens is 194 g/mol. The van der Waals surface area contributed by atoms with Crippen LogP contribution in [0.15, 0.2) is 0 Å². The molecule has 2 aliphatic rings. The Morgan fingerprint density at radius 3 is 2.29 bits per heavy atom. The summed E-state index contributed by atoms with van der Waals surface area (Å²) in [5.41, 5.74) is 5.65. The molecule has 0 aromatic heterocycles. The van der Waals surface area contributed by atoms with E-state index < -0.39 is 0 Å². The molecule has 3 atom stereocenters. The minimum absolute atomic E-state index is 0.278. The molecule has 2 fully saturated rings. The van der Waals surface area contributed by atoms with Crippen LogP contribution >= 0.6 is 12.2 Å². The van der Waals surface area contributed by atoms with Crippen LogP contribution in [0.5, 0.6) is 0 Å². The van der Waals surface area contributed by atoms with Crippen LogP contribution in [0.25, 0.3) is 0 Å². The number of likely N-dealkylation sites (tertiary alicyclic amines) is 1. The van der Waals surface area contributed by atoms with E-state index in [1.807, 2.05) is 0 Å². The van der Waals surface area contributed by atoms with E-state index in [-0.39, 0.29) is 6.04 Å². The third-order valence-corrected chi connectivity index (χ3v) is 4.07. The van der Waals surface area contributed by atoms with Crippen molar-refractivity contribution in [3.63, 3.8) is 0 Å². The fourth-order valence-electron chi connectivity index (χ4n) is 2.79. The van der Waals surface area contributed by atoms with Crippen LogP contribution in [0.1, 0.15) is 6.92 Å². The Balaban J connectivity index is 1.87. The van der Waals surface area contributed by atoms with Crippen LogP contribution in [-0.2, 0) is 0 Å². The molecule has 3 unspecified atom stereocenters. The monoisotopic (exact) mass is 213 g/mol. The van der Waals surface area contributed by atoms with E-state index in [1.165, 1.54) is 13.1 Å². The summed E-state index contributed by atoms with van der Waals surface area (Å²) in [5, 5.41) is 0. The first-order valence-electron chi connectivity index (χ1n) is 5.22. The van der Waals surface area contributed by atoms with Crippen LogP contribution in [0.2, 0.25) is 0 Å². The van der Waals surface area contributed by atoms with Crippen LogP contribution in [0.4, 0.5) is 0 Å². The van der Waals surface area contributed by atoms with E-state index >= 15 is 0 Å². The van der Waals surface area contributed by atoms with E-state index in [9.17, 15) is 0 Å². The van der Waals surface area contributed by atoms with Gasteiger partial charge < -0.3 is 10.6 Å². The molecule has 1 saturated carbocycles. The molecule has 2 N–H and O–H groups in total. The first-order chi connectivity index (χ1) is 6.52. The summed E-state index contributed by atoms with van der Waals surface area (Å²) in [7, 11) is 4.34. The number of nitrogens with two attached hydrogens (primary N) is 1. The minimum Gasteiger partial charge on any atom is -0.392 e. The van der Waals surface area contributed by atoms with E-state index in [4.69, 9.17) is 18.0 Å². The van der Waals surface area contributed by atoms with Gasteiger partial charge in [-0.15, -0.1) is 0 Å². The fourth-order valence-corrected chi connectivity index (χ4v) is 2.94. The normalized spacial score (nSPS) is 38.4. The van der Waals surface area contributed by atoms with Crippen LogP contribution in [0.3, 0.4) is 0 Å². The topological polar surface area (TPSA) is 32.5 Å². The van der Waals surface area contributed by atoms with Gasteiger partial charge in [0, 0.05) is 19.1 Å². The molecule has 0 spiro atoms. The highest BCUT2D eigenvalue weighted by molar-refractivity contribution is 7.80. The Hall–Kier alpha value is -0.190. The maximum atomic E-state index is 5.65. The molecule has 0 radical (unpaired) electrons. The van der Waals surface area contributed by atoms with Gasteiger partial charge in [0.15, 0.2) is 0 Å². The SMILES string of the molecule is CC(C(N)=S)N1CC2C(C1)C2N(C)C. The van der Waals surface area contributed by atoms with Crippen molar-refractivity contribution in [3.8, 4) is 0 Å². The summed E-state index contributed by atoms with van der Waals surface area (Å²) in [6.45, 7) is 4.45. The van der Waals surface area contributed by atoms with Gasteiger partial charge in [-0.3, -0.25) is 4.90 Å². The summed E-state index contributed by atoms with van der Waals surface area (Å²) >= 11 is 5.01. The Morgan fingerprint density at radius 2 is 1.93 bits per heavy atom. The maximum absolute atomic E-state index is 5.65. The molecule has 14 heavy (non-hydrogen) atoms. The first-order valence-corrected chi connectivity index (χ1v) is 5.63. The Morgan fingerprint density at radius 1 is 1.43 bits per heavy atom. The van der Waals surface area contributed by atoms with Crippen molar-refractivity contribution < 1.29 is 0 Å². The molecule has 1 aliphatic heterocycles. The third-order valence-electron chi connectivity index (χ3n) is 3.73. The Kier molecular flexibility index (Phi) is 2.53. The van der Waals surface area contributed by atoms with Gasteiger partial charge in [-0.05, 0) is 32.9 Å². The average molecular weight is 213 g/mol. The lowest BCUT2D eigenvalue weighted by molar-refractivity contribution is 0.236. The predicted molar refractivity (Wildman–Crippen MR) is 62.3 cm³/mol. The summed E-state index contributed by atoms with van der Waals surface area (Å²) in [6.07, 6.45) is 0. The number of hydrogen-bond donors (Lipinski definition) is 1. The Labute approximate surface area is 91.2 Å².